The molecule has 0 saturated heterocycles. The standard InChI is InChI=1S/O2Si.3O.2Pr/c1-3-2;;;;;/q;3*-2;2*+3. The van der Waals surface area contributed by atoms with Gasteiger partial charge in [-0.05, 0) is 0 Å². The average Bonchev–Trinajstić information content (AvgIpc) is 0.918. The van der Waals surface area contributed by atoms with Crippen LogP contribution in [-0.4, -0.2) is 9.29 Å². The van der Waals surface area contributed by atoms with Gasteiger partial charge in [0.2, 0.25) is 0 Å². The zero-order valence-electron chi connectivity index (χ0n) is 3.70. The zero-order chi connectivity index (χ0) is 2.71. The summed E-state index contributed by atoms with van der Waals surface area (Å²) >= 11 is 0. The second-order valence-corrected chi connectivity index (χ2v) is 0.250. The first-order valence-electron chi connectivity index (χ1n) is 0.408. The van der Waals surface area contributed by atoms with Gasteiger partial charge in [-0.2, -0.15) is 0 Å². The molecule has 0 aromatic carbocycles. The van der Waals surface area contributed by atoms with Crippen molar-refractivity contribution in [1.82, 2.24) is 0 Å². The molecule has 0 amide bonds. The van der Waals surface area contributed by atoms with Crippen LogP contribution < -0.4 is 0 Å². The normalized spacial score (nSPS) is 1.00. The molecule has 0 aromatic heterocycles. The van der Waals surface area contributed by atoms with Gasteiger partial charge in [-0.1, -0.05) is 0 Å². The summed E-state index contributed by atoms with van der Waals surface area (Å²) < 4.78 is 16.8. The minimum atomic E-state index is -1.42. The minimum Gasteiger partial charge on any atom is -2.00 e. The van der Waals surface area contributed by atoms with E-state index < -0.39 is 9.29 Å². The van der Waals surface area contributed by atoms with E-state index in [0.717, 1.165) is 0 Å². The topological polar surface area (TPSA) is 120 Å². The fraction of sp³-hybridized carbons (Fsp3) is 0. The van der Waals surface area contributed by atoms with Crippen LogP contribution in [0.2, 0.25) is 0 Å². The first-order chi connectivity index (χ1) is 1.41. The summed E-state index contributed by atoms with van der Waals surface area (Å²) in [5, 5.41) is 0. The maximum Gasteiger partial charge on any atom is 3.00 e. The quantitative estimate of drug-likeness (QED) is 0.495. The van der Waals surface area contributed by atoms with Crippen LogP contribution in [0.5, 0.6) is 0 Å². The second-order valence-electron chi connectivity index (χ2n) is 0.0833. The predicted molar refractivity (Wildman–Crippen MR) is 9.19 cm³/mol. The van der Waals surface area contributed by atoms with Crippen molar-refractivity contribution in [1.29, 1.82) is 0 Å². The molecule has 8 heavy (non-hydrogen) atoms. The summed E-state index contributed by atoms with van der Waals surface area (Å²) in [6.45, 7) is 0. The first kappa shape index (κ1) is 47.3. The number of hydrogen-bond acceptors (Lipinski definition) is 2. The Bertz CT molecular complexity index is 31.4. The molecule has 0 aliphatic rings. The molecule has 0 spiro atoms. The average molecular weight is 390 g/mol. The first-order valence-corrected chi connectivity index (χ1v) is 1.22. The van der Waals surface area contributed by atoms with Crippen molar-refractivity contribution in [3.63, 3.8) is 0 Å². The molecule has 0 N–H and O–H groups in total. The van der Waals surface area contributed by atoms with Crippen LogP contribution >= 0.6 is 0 Å². The van der Waals surface area contributed by atoms with E-state index in [1.165, 1.54) is 0 Å². The van der Waals surface area contributed by atoms with E-state index in [1.54, 1.807) is 0 Å². The van der Waals surface area contributed by atoms with Gasteiger partial charge >= 0.3 is 91.9 Å². The van der Waals surface area contributed by atoms with Crippen molar-refractivity contribution in [3.8, 4) is 0 Å². The van der Waals surface area contributed by atoms with Crippen LogP contribution in [0, 0.1) is 82.6 Å². The Kier molecular flexibility index (Phi) is 337. The van der Waals surface area contributed by atoms with Crippen LogP contribution in [0.1, 0.15) is 0 Å². The molecule has 0 aliphatic carbocycles. The predicted octanol–water partition coefficient (Wildman–Crippen LogP) is -0.975. The molecular formula is O5Pr2Si. The van der Waals surface area contributed by atoms with E-state index in [0.29, 0.717) is 0 Å². The molecule has 0 rings (SSSR count). The third-order valence-corrected chi connectivity index (χ3v) is 0. The van der Waals surface area contributed by atoms with Gasteiger partial charge in [-0.15, -0.1) is 0 Å². The Morgan fingerprint density at radius 1 is 0.750 bits per heavy atom. The van der Waals surface area contributed by atoms with Gasteiger partial charge in [0.25, 0.3) is 0 Å². The smallest absolute Gasteiger partial charge is 2.00 e. The van der Waals surface area contributed by atoms with E-state index >= 15 is 0 Å². The van der Waals surface area contributed by atoms with Crippen LogP contribution in [0.25, 0.3) is 0 Å². The molecule has 0 heterocycles. The van der Waals surface area contributed by atoms with E-state index in [2.05, 4.69) is 0 Å². The summed E-state index contributed by atoms with van der Waals surface area (Å²) in [6.07, 6.45) is 0. The maximum absolute atomic E-state index is 8.40. The maximum atomic E-state index is 8.40. The molecule has 0 saturated carbocycles. The van der Waals surface area contributed by atoms with E-state index in [4.69, 9.17) is 8.92 Å². The van der Waals surface area contributed by atoms with Crippen molar-refractivity contribution in [3.05, 3.63) is 0 Å². The second kappa shape index (κ2) is 57.0. The van der Waals surface area contributed by atoms with Gasteiger partial charge in [-0.3, -0.25) is 8.92 Å². The van der Waals surface area contributed by atoms with E-state index in [9.17, 15) is 0 Å². The molecule has 0 aromatic rings. The van der Waals surface area contributed by atoms with Gasteiger partial charge in [0.1, 0.15) is 0 Å². The number of rotatable bonds is 0. The van der Waals surface area contributed by atoms with Crippen LogP contribution in [0.3, 0.4) is 0 Å². The molecule has 0 fully saturated rings. The molecule has 8 heteroatoms. The third-order valence-electron chi connectivity index (χ3n) is 0. The Hall–Kier alpha value is 2.42. The summed E-state index contributed by atoms with van der Waals surface area (Å²) in [4.78, 5) is 0. The van der Waals surface area contributed by atoms with Gasteiger partial charge < -0.3 is 16.4 Å². The molecule has 0 aliphatic heterocycles. The third kappa shape index (κ3) is 79.0. The monoisotopic (exact) mass is 390 g/mol. The summed E-state index contributed by atoms with van der Waals surface area (Å²) in [6, 6.07) is 0. The molecule has 0 bridgehead atoms. The summed E-state index contributed by atoms with van der Waals surface area (Å²) in [5.74, 6) is 0. The van der Waals surface area contributed by atoms with Crippen molar-refractivity contribution in [2.24, 2.45) is 0 Å². The molecule has 0 radical (unpaired) electrons. The Labute approximate surface area is 115 Å². The molecular weight excluding hydrogens is 390 g/mol. The molecule has 40 valence electrons. The van der Waals surface area contributed by atoms with E-state index in [1.807, 2.05) is 0 Å². The molecule has 5 nitrogen and oxygen atoms in total. The Morgan fingerprint density at radius 3 is 0.750 bits per heavy atom. The van der Waals surface area contributed by atoms with Crippen molar-refractivity contribution in [2.45, 2.75) is 0 Å². The van der Waals surface area contributed by atoms with E-state index in [-0.39, 0.29) is 99.0 Å². The fourth-order valence-corrected chi connectivity index (χ4v) is 0. The van der Waals surface area contributed by atoms with Crippen molar-refractivity contribution >= 4 is 9.29 Å². The summed E-state index contributed by atoms with van der Waals surface area (Å²) in [7, 11) is -1.42. The van der Waals surface area contributed by atoms with Gasteiger partial charge in [0.05, 0.1) is 0 Å². The van der Waals surface area contributed by atoms with Gasteiger partial charge in [0, 0.05) is 0 Å². The fourth-order valence-electron chi connectivity index (χ4n) is 0. The Balaban J connectivity index is -0.00000000200. The zero-order valence-corrected chi connectivity index (χ0v) is 12.1. The summed E-state index contributed by atoms with van der Waals surface area (Å²) in [5.41, 5.74) is 0. The van der Waals surface area contributed by atoms with Crippen LogP contribution in [0.15, 0.2) is 0 Å². The molecule has 0 atom stereocenters. The van der Waals surface area contributed by atoms with Crippen LogP contribution in [0.4, 0.5) is 0 Å². The SMILES string of the molecule is O=[Si]=O.[O-2].[O-2].[O-2].[Pr+3].[Pr+3]. The molecule has 0 unspecified atom stereocenters. The van der Waals surface area contributed by atoms with Crippen LogP contribution in [-0.2, 0) is 25.4 Å². The minimum absolute atomic E-state index is 0. The Morgan fingerprint density at radius 2 is 0.750 bits per heavy atom. The van der Waals surface area contributed by atoms with Crippen molar-refractivity contribution in [2.75, 3.05) is 0 Å². The van der Waals surface area contributed by atoms with Crippen molar-refractivity contribution < 1.29 is 108 Å². The number of hydrogen-bond donors (Lipinski definition) is 0. The largest absolute Gasteiger partial charge is 3.00 e. The van der Waals surface area contributed by atoms with Gasteiger partial charge in [-0.25, -0.2) is 0 Å². The van der Waals surface area contributed by atoms with Gasteiger partial charge in [0.15, 0.2) is 0 Å².